The monoisotopic (exact) mass is 384 g/mol. The molecule has 2 amide bonds. The van der Waals surface area contributed by atoms with Crippen molar-refractivity contribution in [3.8, 4) is 0 Å². The molecule has 0 aromatic heterocycles. The zero-order valence-corrected chi connectivity index (χ0v) is 16.4. The predicted octanol–water partition coefficient (Wildman–Crippen LogP) is 3.75. The fraction of sp³-hybridized carbons (Fsp3) is 0.286. The number of hydrogen-bond donors (Lipinski definition) is 2. The Kier molecular flexibility index (Phi) is 6.76. The van der Waals surface area contributed by atoms with Crippen molar-refractivity contribution < 1.29 is 23.9 Å². The number of nitrogens with one attached hydrogen (secondary N) is 2. The van der Waals surface area contributed by atoms with Gasteiger partial charge in [0.15, 0.2) is 0 Å². The molecule has 0 atom stereocenters. The molecule has 0 saturated carbocycles. The number of hydrogen-bond acceptors (Lipinski definition) is 5. The Morgan fingerprint density at radius 3 is 2.25 bits per heavy atom. The summed E-state index contributed by atoms with van der Waals surface area (Å²) in [4.78, 5) is 35.7. The summed E-state index contributed by atoms with van der Waals surface area (Å²) in [5.74, 6) is -0.699. The Bertz CT molecular complexity index is 854. The first-order valence-corrected chi connectivity index (χ1v) is 8.73. The summed E-state index contributed by atoms with van der Waals surface area (Å²) in [6, 6.07) is 13.3. The minimum Gasteiger partial charge on any atom is -0.465 e. The van der Waals surface area contributed by atoms with Gasteiger partial charge in [-0.15, -0.1) is 0 Å². The average Bonchev–Trinajstić information content (AvgIpc) is 2.64. The number of amides is 2. The molecule has 2 aromatic carbocycles. The summed E-state index contributed by atoms with van der Waals surface area (Å²) in [6.45, 7) is 5.61. The van der Waals surface area contributed by atoms with Crippen LogP contribution in [0.4, 0.5) is 10.5 Å². The molecule has 148 valence electrons. The number of benzene rings is 2. The van der Waals surface area contributed by atoms with Gasteiger partial charge < -0.3 is 14.8 Å². The third-order valence-electron chi connectivity index (χ3n) is 3.60. The third-order valence-corrected chi connectivity index (χ3v) is 3.60. The van der Waals surface area contributed by atoms with Gasteiger partial charge in [0.25, 0.3) is 5.91 Å². The first-order valence-electron chi connectivity index (χ1n) is 8.73. The van der Waals surface area contributed by atoms with Crippen LogP contribution in [0.5, 0.6) is 0 Å². The maximum Gasteiger partial charge on any atom is 0.412 e. The second kappa shape index (κ2) is 9.03. The van der Waals surface area contributed by atoms with Gasteiger partial charge in [0.1, 0.15) is 5.60 Å². The second-order valence-corrected chi connectivity index (χ2v) is 7.08. The van der Waals surface area contributed by atoms with E-state index in [0.29, 0.717) is 23.4 Å². The van der Waals surface area contributed by atoms with Gasteiger partial charge in [0, 0.05) is 17.8 Å². The lowest BCUT2D eigenvalue weighted by Gasteiger charge is -2.19. The number of carbonyl (C=O) groups excluding carboxylic acids is 3. The lowest BCUT2D eigenvalue weighted by molar-refractivity contribution is 0.0598. The molecule has 7 nitrogen and oxygen atoms in total. The zero-order valence-electron chi connectivity index (χ0n) is 16.4. The maximum absolute atomic E-state index is 12.4. The van der Waals surface area contributed by atoms with Crippen molar-refractivity contribution in [3.05, 3.63) is 65.2 Å². The van der Waals surface area contributed by atoms with Crippen molar-refractivity contribution in [2.24, 2.45) is 0 Å². The smallest absolute Gasteiger partial charge is 0.412 e. The Morgan fingerprint density at radius 2 is 1.64 bits per heavy atom. The topological polar surface area (TPSA) is 93.7 Å². The average molecular weight is 384 g/mol. The van der Waals surface area contributed by atoms with Crippen LogP contribution in [0.2, 0.25) is 0 Å². The molecule has 7 heteroatoms. The van der Waals surface area contributed by atoms with E-state index in [9.17, 15) is 14.4 Å². The highest BCUT2D eigenvalue weighted by molar-refractivity contribution is 5.96. The summed E-state index contributed by atoms with van der Waals surface area (Å²) in [5, 5.41) is 5.40. The van der Waals surface area contributed by atoms with E-state index in [0.717, 1.165) is 5.56 Å². The van der Waals surface area contributed by atoms with E-state index in [4.69, 9.17) is 4.74 Å². The molecule has 0 fully saturated rings. The fourth-order valence-electron chi connectivity index (χ4n) is 2.32. The molecule has 2 N–H and O–H groups in total. The van der Waals surface area contributed by atoms with Gasteiger partial charge in [-0.25, -0.2) is 9.59 Å². The van der Waals surface area contributed by atoms with Crippen LogP contribution in [0.25, 0.3) is 0 Å². The maximum atomic E-state index is 12.4. The van der Waals surface area contributed by atoms with Gasteiger partial charge >= 0.3 is 12.1 Å². The van der Waals surface area contributed by atoms with Gasteiger partial charge in [-0.05, 0) is 56.7 Å². The van der Waals surface area contributed by atoms with Crippen LogP contribution >= 0.6 is 0 Å². The Balaban J connectivity index is 1.95. The van der Waals surface area contributed by atoms with Gasteiger partial charge in [-0.1, -0.05) is 18.2 Å². The van der Waals surface area contributed by atoms with Crippen LogP contribution in [-0.4, -0.2) is 30.7 Å². The number of carbonyl (C=O) groups is 3. The molecule has 0 aliphatic rings. The molecular weight excluding hydrogens is 360 g/mol. The number of rotatable bonds is 5. The Hall–Kier alpha value is -3.35. The van der Waals surface area contributed by atoms with Crippen molar-refractivity contribution in [1.82, 2.24) is 5.32 Å². The van der Waals surface area contributed by atoms with Gasteiger partial charge in [-0.2, -0.15) is 0 Å². The molecule has 2 aromatic rings. The highest BCUT2D eigenvalue weighted by Gasteiger charge is 2.16. The minimum absolute atomic E-state index is 0.287. The third kappa shape index (κ3) is 6.42. The molecule has 28 heavy (non-hydrogen) atoms. The normalized spacial score (nSPS) is 10.7. The summed E-state index contributed by atoms with van der Waals surface area (Å²) < 4.78 is 9.85. The summed E-state index contributed by atoms with van der Waals surface area (Å²) in [6.07, 6.45) is -0.587. The van der Waals surface area contributed by atoms with E-state index in [2.05, 4.69) is 15.4 Å². The highest BCUT2D eigenvalue weighted by Crippen LogP contribution is 2.14. The molecule has 0 saturated heterocycles. The first kappa shape index (κ1) is 21.0. The highest BCUT2D eigenvalue weighted by atomic mass is 16.6. The van der Waals surface area contributed by atoms with Crippen molar-refractivity contribution in [1.29, 1.82) is 0 Å². The van der Waals surface area contributed by atoms with E-state index in [1.54, 1.807) is 69.3 Å². The first-order chi connectivity index (χ1) is 13.2. The van der Waals surface area contributed by atoms with Crippen LogP contribution in [0, 0.1) is 0 Å². The molecule has 2 rings (SSSR count). The van der Waals surface area contributed by atoms with Crippen LogP contribution in [0.3, 0.4) is 0 Å². The number of methoxy groups -OCH3 is 1. The van der Waals surface area contributed by atoms with Gasteiger partial charge in [0.2, 0.25) is 0 Å². The Labute approximate surface area is 164 Å². The van der Waals surface area contributed by atoms with Crippen LogP contribution in [0.1, 0.15) is 47.1 Å². The minimum atomic E-state index is -0.609. The second-order valence-electron chi connectivity index (χ2n) is 7.08. The van der Waals surface area contributed by atoms with Crippen molar-refractivity contribution in [2.75, 3.05) is 12.4 Å². The SMILES string of the molecule is COC(=O)c1ccc(CNC(=O)c2cccc(NC(=O)OC(C)(C)C)c2)cc1. The Morgan fingerprint density at radius 1 is 0.964 bits per heavy atom. The molecular formula is C21H24N2O5. The van der Waals surface area contributed by atoms with E-state index in [1.165, 1.54) is 7.11 Å². The largest absolute Gasteiger partial charge is 0.465 e. The molecule has 0 aliphatic carbocycles. The zero-order chi connectivity index (χ0) is 20.7. The van der Waals surface area contributed by atoms with E-state index >= 15 is 0 Å². The van der Waals surface area contributed by atoms with Crippen molar-refractivity contribution in [3.63, 3.8) is 0 Å². The summed E-state index contributed by atoms with van der Waals surface area (Å²) in [5.41, 5.74) is 1.54. The lowest BCUT2D eigenvalue weighted by atomic mass is 10.1. The quantitative estimate of drug-likeness (QED) is 0.766. The van der Waals surface area contributed by atoms with Crippen LogP contribution in [-0.2, 0) is 16.0 Å². The fourth-order valence-corrected chi connectivity index (χ4v) is 2.32. The van der Waals surface area contributed by atoms with Gasteiger partial charge in [0.05, 0.1) is 12.7 Å². The number of ether oxygens (including phenoxy) is 2. The molecule has 0 aliphatic heterocycles. The molecule has 0 unspecified atom stereocenters. The summed E-state index contributed by atoms with van der Waals surface area (Å²) >= 11 is 0. The molecule has 0 radical (unpaired) electrons. The standard InChI is InChI=1S/C21H24N2O5/c1-21(2,3)28-20(26)23-17-7-5-6-16(12-17)18(24)22-13-14-8-10-15(11-9-14)19(25)27-4/h5-12H,13H2,1-4H3,(H,22,24)(H,23,26). The predicted molar refractivity (Wildman–Crippen MR) is 105 cm³/mol. The number of anilines is 1. The molecule has 0 spiro atoms. The number of esters is 1. The summed E-state index contributed by atoms with van der Waals surface area (Å²) in [7, 11) is 1.32. The molecule has 0 heterocycles. The van der Waals surface area contributed by atoms with Crippen LogP contribution < -0.4 is 10.6 Å². The van der Waals surface area contributed by atoms with E-state index in [-0.39, 0.29) is 5.91 Å². The van der Waals surface area contributed by atoms with Crippen molar-refractivity contribution >= 4 is 23.7 Å². The van der Waals surface area contributed by atoms with Gasteiger partial charge in [-0.3, -0.25) is 10.1 Å². The molecule has 0 bridgehead atoms. The van der Waals surface area contributed by atoms with E-state index < -0.39 is 17.7 Å². The lowest BCUT2D eigenvalue weighted by Crippen LogP contribution is -2.27. The van der Waals surface area contributed by atoms with Crippen molar-refractivity contribution in [2.45, 2.75) is 32.9 Å². The van der Waals surface area contributed by atoms with E-state index in [1.807, 2.05) is 0 Å². The van der Waals surface area contributed by atoms with Crippen LogP contribution in [0.15, 0.2) is 48.5 Å².